The van der Waals surface area contributed by atoms with Crippen molar-refractivity contribution >= 4 is 11.6 Å². The van der Waals surface area contributed by atoms with Crippen LogP contribution < -0.4 is 5.32 Å². The molecule has 0 unspecified atom stereocenters. The molecular formula is C20H26N2O2. The first-order chi connectivity index (χ1) is 11.8. The van der Waals surface area contributed by atoms with Gasteiger partial charge in [0.15, 0.2) is 0 Å². The fourth-order valence-electron chi connectivity index (χ4n) is 3.80. The van der Waals surface area contributed by atoms with E-state index in [1.807, 2.05) is 11.0 Å². The molecule has 0 radical (unpaired) electrons. The first-order valence-electron chi connectivity index (χ1n) is 9.21. The van der Waals surface area contributed by atoms with Gasteiger partial charge in [0, 0.05) is 25.7 Å². The van der Waals surface area contributed by atoms with Gasteiger partial charge < -0.3 is 15.0 Å². The fraction of sp³-hybridized carbons (Fsp3) is 0.550. The highest BCUT2D eigenvalue weighted by atomic mass is 16.5. The minimum Gasteiger partial charge on any atom is -0.378 e. The molecule has 1 aliphatic carbocycles. The van der Waals surface area contributed by atoms with Crippen molar-refractivity contribution < 1.29 is 9.53 Å². The summed E-state index contributed by atoms with van der Waals surface area (Å²) in [5.74, 6) is 0.743. The Morgan fingerprint density at radius 2 is 2.00 bits per heavy atom. The Labute approximate surface area is 143 Å². The second-order valence-corrected chi connectivity index (χ2v) is 7.22. The molecule has 2 heterocycles. The number of amides is 2. The van der Waals surface area contributed by atoms with E-state index in [2.05, 4.69) is 35.7 Å². The van der Waals surface area contributed by atoms with E-state index in [0.29, 0.717) is 12.6 Å². The Bertz CT molecular complexity index is 609. The largest absolute Gasteiger partial charge is 0.378 e. The molecule has 3 aliphatic rings. The van der Waals surface area contributed by atoms with Gasteiger partial charge >= 0.3 is 6.03 Å². The SMILES string of the molecule is O=C(N[C@@H]1CCO[C@H](C2CC2)C1)N1CCC=C(c2ccccc2)C1. The Morgan fingerprint density at radius 3 is 2.79 bits per heavy atom. The lowest BCUT2D eigenvalue weighted by Crippen LogP contribution is -2.49. The Balaban J connectivity index is 1.34. The average molecular weight is 326 g/mol. The third-order valence-corrected chi connectivity index (χ3v) is 5.37. The zero-order valence-electron chi connectivity index (χ0n) is 14.1. The van der Waals surface area contributed by atoms with Crippen LogP contribution in [0.2, 0.25) is 0 Å². The maximum absolute atomic E-state index is 12.7. The summed E-state index contributed by atoms with van der Waals surface area (Å²) >= 11 is 0. The summed E-state index contributed by atoms with van der Waals surface area (Å²) in [6, 6.07) is 10.7. The highest BCUT2D eigenvalue weighted by Gasteiger charge is 2.36. The molecule has 128 valence electrons. The molecule has 1 saturated carbocycles. The minimum absolute atomic E-state index is 0.0815. The van der Waals surface area contributed by atoms with Crippen molar-refractivity contribution in [3.05, 3.63) is 42.0 Å². The highest BCUT2D eigenvalue weighted by molar-refractivity contribution is 5.79. The number of hydrogen-bond acceptors (Lipinski definition) is 2. The molecule has 1 aromatic rings. The standard InChI is InChI=1S/C20H26N2O2/c23-20(21-18-10-12-24-19(13-18)16-8-9-16)22-11-4-7-17(14-22)15-5-2-1-3-6-15/h1-3,5-7,16,18-19H,4,8-14H2,(H,21,23)/t18-,19+/m1/s1. The molecule has 1 aromatic carbocycles. The lowest BCUT2D eigenvalue weighted by molar-refractivity contribution is -0.00975. The molecule has 2 fully saturated rings. The van der Waals surface area contributed by atoms with Crippen LogP contribution in [0.15, 0.2) is 36.4 Å². The van der Waals surface area contributed by atoms with Crippen LogP contribution in [-0.2, 0) is 4.74 Å². The normalized spacial score (nSPS) is 27.5. The van der Waals surface area contributed by atoms with Crippen molar-refractivity contribution in [3.63, 3.8) is 0 Å². The average Bonchev–Trinajstić information content (AvgIpc) is 3.48. The maximum Gasteiger partial charge on any atom is 0.317 e. The van der Waals surface area contributed by atoms with Crippen molar-refractivity contribution in [3.8, 4) is 0 Å². The molecule has 24 heavy (non-hydrogen) atoms. The van der Waals surface area contributed by atoms with Gasteiger partial charge in [-0.3, -0.25) is 0 Å². The molecule has 0 aromatic heterocycles. The number of nitrogens with one attached hydrogen (secondary N) is 1. The number of carbonyl (C=O) groups is 1. The molecule has 1 saturated heterocycles. The molecule has 4 heteroatoms. The molecular weight excluding hydrogens is 300 g/mol. The van der Waals surface area contributed by atoms with Crippen LogP contribution in [0, 0.1) is 5.92 Å². The van der Waals surface area contributed by atoms with Crippen LogP contribution in [0.1, 0.15) is 37.7 Å². The van der Waals surface area contributed by atoms with E-state index < -0.39 is 0 Å². The van der Waals surface area contributed by atoms with Gasteiger partial charge in [0.1, 0.15) is 0 Å². The first kappa shape index (κ1) is 15.7. The van der Waals surface area contributed by atoms with Gasteiger partial charge in [-0.1, -0.05) is 36.4 Å². The molecule has 4 nitrogen and oxygen atoms in total. The number of nitrogens with zero attached hydrogens (tertiary/aromatic N) is 1. The Hall–Kier alpha value is -1.81. The molecule has 4 rings (SSSR count). The number of rotatable bonds is 3. The van der Waals surface area contributed by atoms with Crippen molar-refractivity contribution in [2.24, 2.45) is 5.92 Å². The summed E-state index contributed by atoms with van der Waals surface area (Å²) in [6.07, 6.45) is 8.05. The third-order valence-electron chi connectivity index (χ3n) is 5.37. The molecule has 1 N–H and O–H groups in total. The number of benzene rings is 1. The number of hydrogen-bond donors (Lipinski definition) is 1. The highest BCUT2D eigenvalue weighted by Crippen LogP contribution is 2.38. The van der Waals surface area contributed by atoms with Gasteiger partial charge in [-0.2, -0.15) is 0 Å². The third kappa shape index (κ3) is 3.64. The van der Waals surface area contributed by atoms with Crippen molar-refractivity contribution in [2.75, 3.05) is 19.7 Å². The van der Waals surface area contributed by atoms with Gasteiger partial charge in [-0.25, -0.2) is 4.79 Å². The van der Waals surface area contributed by atoms with Crippen molar-refractivity contribution in [1.82, 2.24) is 10.2 Å². The predicted molar refractivity (Wildman–Crippen MR) is 94.6 cm³/mol. The molecule has 0 bridgehead atoms. The first-order valence-corrected chi connectivity index (χ1v) is 9.21. The van der Waals surface area contributed by atoms with E-state index >= 15 is 0 Å². The monoisotopic (exact) mass is 326 g/mol. The smallest absolute Gasteiger partial charge is 0.317 e. The summed E-state index contributed by atoms with van der Waals surface area (Å²) in [5.41, 5.74) is 2.47. The van der Waals surface area contributed by atoms with Crippen LogP contribution in [0.3, 0.4) is 0 Å². The van der Waals surface area contributed by atoms with E-state index in [1.165, 1.54) is 24.0 Å². The quantitative estimate of drug-likeness (QED) is 0.924. The van der Waals surface area contributed by atoms with Crippen molar-refractivity contribution in [1.29, 1.82) is 0 Å². The Kier molecular flexibility index (Phi) is 4.56. The maximum atomic E-state index is 12.7. The number of ether oxygens (including phenoxy) is 1. The molecule has 2 atom stereocenters. The van der Waals surface area contributed by atoms with Gasteiger partial charge in [-0.05, 0) is 49.2 Å². The second-order valence-electron chi connectivity index (χ2n) is 7.22. The second kappa shape index (κ2) is 6.98. The fourth-order valence-corrected chi connectivity index (χ4v) is 3.80. The summed E-state index contributed by atoms with van der Waals surface area (Å²) in [5, 5.41) is 3.25. The van der Waals surface area contributed by atoms with Crippen LogP contribution in [0.4, 0.5) is 4.79 Å². The zero-order chi connectivity index (χ0) is 16.4. The van der Waals surface area contributed by atoms with Gasteiger partial charge in [0.25, 0.3) is 0 Å². The molecule has 2 aliphatic heterocycles. The zero-order valence-corrected chi connectivity index (χ0v) is 14.1. The number of urea groups is 1. The van der Waals surface area contributed by atoms with Gasteiger partial charge in [0.2, 0.25) is 0 Å². The topological polar surface area (TPSA) is 41.6 Å². The van der Waals surface area contributed by atoms with Crippen LogP contribution in [-0.4, -0.2) is 42.8 Å². The van der Waals surface area contributed by atoms with E-state index in [9.17, 15) is 4.79 Å². The number of carbonyl (C=O) groups excluding carboxylic acids is 1. The summed E-state index contributed by atoms with van der Waals surface area (Å²) in [6.45, 7) is 2.28. The van der Waals surface area contributed by atoms with Crippen LogP contribution >= 0.6 is 0 Å². The van der Waals surface area contributed by atoms with E-state index in [1.54, 1.807) is 0 Å². The minimum atomic E-state index is 0.0815. The predicted octanol–water partition coefficient (Wildman–Crippen LogP) is 3.44. The van der Waals surface area contributed by atoms with E-state index in [4.69, 9.17) is 4.74 Å². The lowest BCUT2D eigenvalue weighted by atomic mass is 10.00. The summed E-state index contributed by atoms with van der Waals surface area (Å²) in [7, 11) is 0. The molecule has 0 spiro atoms. The van der Waals surface area contributed by atoms with Crippen LogP contribution in [0.25, 0.3) is 5.57 Å². The van der Waals surface area contributed by atoms with E-state index in [0.717, 1.165) is 38.3 Å². The summed E-state index contributed by atoms with van der Waals surface area (Å²) in [4.78, 5) is 14.6. The van der Waals surface area contributed by atoms with Gasteiger partial charge in [0.05, 0.1) is 6.10 Å². The van der Waals surface area contributed by atoms with Gasteiger partial charge in [-0.15, -0.1) is 0 Å². The van der Waals surface area contributed by atoms with Crippen molar-refractivity contribution in [2.45, 2.75) is 44.2 Å². The molecule has 2 amide bonds. The van der Waals surface area contributed by atoms with Crippen LogP contribution in [0.5, 0.6) is 0 Å². The van der Waals surface area contributed by atoms with E-state index in [-0.39, 0.29) is 12.1 Å². The summed E-state index contributed by atoms with van der Waals surface area (Å²) < 4.78 is 5.86. The lowest BCUT2D eigenvalue weighted by Gasteiger charge is -2.33. The Morgan fingerprint density at radius 1 is 1.17 bits per heavy atom.